The van der Waals surface area contributed by atoms with Crippen molar-refractivity contribution in [1.82, 2.24) is 14.8 Å². The van der Waals surface area contributed by atoms with E-state index in [1.165, 1.54) is 18.2 Å². The maximum absolute atomic E-state index is 15.2. The van der Waals surface area contributed by atoms with Crippen LogP contribution < -0.4 is 18.9 Å². The average molecular weight is 629 g/mol. The van der Waals surface area contributed by atoms with Gasteiger partial charge in [-0.25, -0.2) is 12.8 Å². The number of pyridine rings is 1. The van der Waals surface area contributed by atoms with Crippen molar-refractivity contribution >= 4 is 38.2 Å². The Kier molecular flexibility index (Phi) is 9.55. The van der Waals surface area contributed by atoms with Crippen molar-refractivity contribution in [1.29, 1.82) is 0 Å². The molecular formula is C31H34ClFN4O5S. The molecule has 0 saturated carbocycles. The number of sulfonamides is 1. The first kappa shape index (κ1) is 30.8. The van der Waals surface area contributed by atoms with E-state index < -0.39 is 15.8 Å². The fourth-order valence-corrected chi connectivity index (χ4v) is 6.84. The van der Waals surface area contributed by atoms with Crippen molar-refractivity contribution in [2.24, 2.45) is 0 Å². The zero-order chi connectivity index (χ0) is 30.6. The number of nitrogens with one attached hydrogen (secondary N) is 1. The summed E-state index contributed by atoms with van der Waals surface area (Å²) in [6, 6.07) is 13.8. The Balaban J connectivity index is 1.29. The molecule has 3 aromatic carbocycles. The van der Waals surface area contributed by atoms with Crippen LogP contribution in [-0.4, -0.2) is 76.7 Å². The molecule has 1 N–H and O–H groups in total. The standard InChI is InChI=1S/C31H34ClFN4O5S/c1-21-6-4-7-24(32)31(21)43(38,39)35-22-8-9-28(25(33)18-22)42-27-10-11-34-26-20-30(29(40-3)19-23(26)27)41-17-5-12-37-15-13-36(2)14-16-37/h4,6-11,18-20,35H,5,12-17H2,1-3H3. The second kappa shape index (κ2) is 13.3. The first-order chi connectivity index (χ1) is 20.6. The van der Waals surface area contributed by atoms with Gasteiger partial charge in [0.25, 0.3) is 10.0 Å². The van der Waals surface area contributed by atoms with Crippen LogP contribution in [0.25, 0.3) is 10.9 Å². The first-order valence-corrected chi connectivity index (χ1v) is 15.8. The van der Waals surface area contributed by atoms with Crippen LogP contribution in [0.3, 0.4) is 0 Å². The molecule has 228 valence electrons. The molecule has 0 spiro atoms. The smallest absolute Gasteiger partial charge is 0.263 e. The molecule has 1 saturated heterocycles. The van der Waals surface area contributed by atoms with Gasteiger partial charge in [0.05, 0.1) is 29.9 Å². The van der Waals surface area contributed by atoms with Gasteiger partial charge in [-0.15, -0.1) is 0 Å². The van der Waals surface area contributed by atoms with E-state index in [0.29, 0.717) is 40.3 Å². The molecule has 0 amide bonds. The van der Waals surface area contributed by atoms with Crippen LogP contribution in [-0.2, 0) is 10.0 Å². The third-order valence-corrected chi connectivity index (χ3v) is 9.31. The zero-order valence-electron chi connectivity index (χ0n) is 24.3. The van der Waals surface area contributed by atoms with E-state index in [1.807, 2.05) is 0 Å². The van der Waals surface area contributed by atoms with Gasteiger partial charge in [0.2, 0.25) is 0 Å². The lowest BCUT2D eigenvalue weighted by molar-refractivity contribution is 0.145. The minimum absolute atomic E-state index is 0.0276. The van der Waals surface area contributed by atoms with Crippen LogP contribution in [0.2, 0.25) is 5.02 Å². The van der Waals surface area contributed by atoms with Gasteiger partial charge in [-0.2, -0.15) is 0 Å². The number of halogens is 2. The van der Waals surface area contributed by atoms with Gasteiger partial charge < -0.3 is 24.0 Å². The minimum Gasteiger partial charge on any atom is -0.493 e. The molecule has 12 heteroatoms. The number of nitrogens with zero attached hydrogens (tertiary/aromatic N) is 3. The van der Waals surface area contributed by atoms with Crippen molar-refractivity contribution in [3.05, 3.63) is 77.2 Å². The van der Waals surface area contributed by atoms with Crippen LogP contribution in [0.1, 0.15) is 12.0 Å². The number of aromatic nitrogens is 1. The Morgan fingerprint density at radius 2 is 1.79 bits per heavy atom. The monoisotopic (exact) mass is 628 g/mol. The first-order valence-electron chi connectivity index (χ1n) is 13.9. The zero-order valence-corrected chi connectivity index (χ0v) is 25.8. The lowest BCUT2D eigenvalue weighted by atomic mass is 10.1. The van der Waals surface area contributed by atoms with Crippen molar-refractivity contribution in [3.8, 4) is 23.0 Å². The minimum atomic E-state index is -4.05. The Bertz CT molecular complexity index is 1690. The van der Waals surface area contributed by atoms with Crippen molar-refractivity contribution in [2.45, 2.75) is 18.2 Å². The van der Waals surface area contributed by atoms with E-state index in [-0.39, 0.29) is 21.4 Å². The molecule has 1 aliphatic rings. The maximum Gasteiger partial charge on any atom is 0.263 e. The van der Waals surface area contributed by atoms with E-state index in [0.717, 1.165) is 45.2 Å². The number of aryl methyl sites for hydroxylation is 1. The second-order valence-corrected chi connectivity index (χ2v) is 12.4. The van der Waals surface area contributed by atoms with E-state index in [2.05, 4.69) is 26.6 Å². The van der Waals surface area contributed by atoms with Crippen LogP contribution in [0.4, 0.5) is 10.1 Å². The van der Waals surface area contributed by atoms with Crippen LogP contribution in [0.5, 0.6) is 23.0 Å². The molecule has 9 nitrogen and oxygen atoms in total. The largest absolute Gasteiger partial charge is 0.493 e. The van der Waals surface area contributed by atoms with E-state index in [4.69, 9.17) is 25.8 Å². The topological polar surface area (TPSA) is 93.2 Å². The van der Waals surface area contributed by atoms with Gasteiger partial charge in [0.15, 0.2) is 23.1 Å². The number of ether oxygens (including phenoxy) is 3. The van der Waals surface area contributed by atoms with Gasteiger partial charge >= 0.3 is 0 Å². The number of hydrogen-bond donors (Lipinski definition) is 1. The van der Waals surface area contributed by atoms with Crippen LogP contribution in [0, 0.1) is 12.7 Å². The quantitative estimate of drug-likeness (QED) is 0.204. The third-order valence-electron chi connectivity index (χ3n) is 7.30. The summed E-state index contributed by atoms with van der Waals surface area (Å²) in [5.74, 6) is 0.573. The van der Waals surface area contributed by atoms with Gasteiger partial charge in [-0.05, 0) is 56.3 Å². The van der Waals surface area contributed by atoms with Crippen LogP contribution in [0.15, 0.2) is 65.7 Å². The lowest BCUT2D eigenvalue weighted by Crippen LogP contribution is -2.44. The number of rotatable bonds is 11. The number of hydrogen-bond acceptors (Lipinski definition) is 8. The summed E-state index contributed by atoms with van der Waals surface area (Å²) < 4.78 is 61.0. The summed E-state index contributed by atoms with van der Waals surface area (Å²) in [6.07, 6.45) is 2.44. The van der Waals surface area contributed by atoms with Crippen molar-refractivity contribution < 1.29 is 27.0 Å². The maximum atomic E-state index is 15.2. The van der Waals surface area contributed by atoms with Gasteiger partial charge in [0.1, 0.15) is 10.6 Å². The molecule has 4 aromatic rings. The highest BCUT2D eigenvalue weighted by Gasteiger charge is 2.22. The van der Waals surface area contributed by atoms with Crippen molar-refractivity contribution in [2.75, 3.05) is 58.2 Å². The number of likely N-dealkylation sites (N-methyl/N-ethyl adjacent to an activating group) is 1. The van der Waals surface area contributed by atoms with Gasteiger partial charge in [-0.1, -0.05) is 23.7 Å². The molecule has 0 atom stereocenters. The fourth-order valence-electron chi connectivity index (χ4n) is 4.96. The number of methoxy groups -OCH3 is 1. The average Bonchev–Trinajstić information content (AvgIpc) is 2.97. The number of benzene rings is 3. The number of piperazine rings is 1. The molecule has 5 rings (SSSR count). The molecular weight excluding hydrogens is 595 g/mol. The summed E-state index contributed by atoms with van der Waals surface area (Å²) in [4.78, 5) is 9.14. The van der Waals surface area contributed by atoms with E-state index >= 15 is 4.39 Å². The van der Waals surface area contributed by atoms with Gasteiger partial charge in [0, 0.05) is 56.4 Å². The van der Waals surface area contributed by atoms with Crippen LogP contribution >= 0.6 is 11.6 Å². The Hall–Kier alpha value is -3.64. The SMILES string of the molecule is COc1cc2c(Oc3ccc(NS(=O)(=O)c4c(C)cccc4Cl)cc3F)ccnc2cc1OCCCN1CCN(C)CC1. The molecule has 43 heavy (non-hydrogen) atoms. The molecule has 0 radical (unpaired) electrons. The van der Waals surface area contributed by atoms with E-state index in [9.17, 15) is 8.42 Å². The second-order valence-electron chi connectivity index (χ2n) is 10.4. The summed E-state index contributed by atoms with van der Waals surface area (Å²) in [5.41, 5.74) is 1.09. The van der Waals surface area contributed by atoms with Gasteiger partial charge in [-0.3, -0.25) is 9.71 Å². The molecule has 0 bridgehead atoms. The highest BCUT2D eigenvalue weighted by Crippen LogP contribution is 2.38. The summed E-state index contributed by atoms with van der Waals surface area (Å²) in [6.45, 7) is 7.40. The normalized spacial score (nSPS) is 14.5. The summed E-state index contributed by atoms with van der Waals surface area (Å²) in [5, 5.41) is 0.676. The predicted octanol–water partition coefficient (Wildman–Crippen LogP) is 5.95. The van der Waals surface area contributed by atoms with Crippen molar-refractivity contribution in [3.63, 3.8) is 0 Å². The fraction of sp³-hybridized carbons (Fsp3) is 0.323. The lowest BCUT2D eigenvalue weighted by Gasteiger charge is -2.32. The molecule has 1 aliphatic heterocycles. The number of anilines is 1. The number of fused-ring (bicyclic) bond motifs is 1. The summed E-state index contributed by atoms with van der Waals surface area (Å²) in [7, 11) is -0.354. The Morgan fingerprint density at radius 1 is 1.00 bits per heavy atom. The Morgan fingerprint density at radius 3 is 2.51 bits per heavy atom. The van der Waals surface area contributed by atoms with E-state index in [1.54, 1.807) is 50.6 Å². The Labute approximate surface area is 256 Å². The summed E-state index contributed by atoms with van der Waals surface area (Å²) >= 11 is 6.13. The molecule has 0 unspecified atom stereocenters. The molecule has 1 fully saturated rings. The molecule has 1 aromatic heterocycles. The highest BCUT2D eigenvalue weighted by molar-refractivity contribution is 7.92. The molecule has 0 aliphatic carbocycles. The highest BCUT2D eigenvalue weighted by atomic mass is 35.5. The molecule has 2 heterocycles. The third kappa shape index (κ3) is 7.30. The predicted molar refractivity (Wildman–Crippen MR) is 166 cm³/mol.